The van der Waals surface area contributed by atoms with Gasteiger partial charge < -0.3 is 5.32 Å². The van der Waals surface area contributed by atoms with E-state index in [1.165, 1.54) is 11.3 Å². The number of carbonyl (C=O) groups excluding carboxylic acids is 1. The standard InChI is InChI=1S/C23H18N4OS/c28-22(26-19-11-10-17(14-25-19)15-5-2-1-3-6-15)21-20(16-8-9-16)27-23(29-21)18-7-4-12-24-13-18/h1-7,10-14,16H,8-9H2,(H,25,26,28). The zero-order valence-corrected chi connectivity index (χ0v) is 16.4. The largest absolute Gasteiger partial charge is 0.306 e. The lowest BCUT2D eigenvalue weighted by molar-refractivity contribution is 0.102. The molecule has 0 saturated heterocycles. The molecule has 0 spiro atoms. The van der Waals surface area contributed by atoms with Crippen molar-refractivity contribution in [3.05, 3.63) is 83.8 Å². The topological polar surface area (TPSA) is 67.8 Å². The summed E-state index contributed by atoms with van der Waals surface area (Å²) in [5, 5.41) is 3.76. The van der Waals surface area contributed by atoms with E-state index in [2.05, 4.69) is 15.3 Å². The second-order valence-electron chi connectivity index (χ2n) is 7.00. The van der Waals surface area contributed by atoms with Gasteiger partial charge >= 0.3 is 0 Å². The molecule has 0 atom stereocenters. The molecule has 1 aliphatic carbocycles. The lowest BCUT2D eigenvalue weighted by Crippen LogP contribution is -2.13. The van der Waals surface area contributed by atoms with Crippen molar-refractivity contribution < 1.29 is 4.79 Å². The molecule has 4 aromatic rings. The van der Waals surface area contributed by atoms with Crippen LogP contribution in [0.1, 0.15) is 34.1 Å². The van der Waals surface area contributed by atoms with E-state index in [0.717, 1.165) is 40.2 Å². The Morgan fingerprint density at radius 2 is 1.76 bits per heavy atom. The van der Waals surface area contributed by atoms with Gasteiger partial charge in [0, 0.05) is 35.6 Å². The highest BCUT2D eigenvalue weighted by atomic mass is 32.1. The fraction of sp³-hybridized carbons (Fsp3) is 0.130. The number of benzene rings is 1. The Hall–Kier alpha value is -3.38. The number of hydrogen-bond donors (Lipinski definition) is 1. The van der Waals surface area contributed by atoms with Gasteiger partial charge in [-0.25, -0.2) is 9.97 Å². The summed E-state index contributed by atoms with van der Waals surface area (Å²) >= 11 is 1.42. The van der Waals surface area contributed by atoms with E-state index in [1.807, 2.05) is 54.6 Å². The molecule has 0 bridgehead atoms. The number of thiazole rings is 1. The molecule has 5 rings (SSSR count). The van der Waals surface area contributed by atoms with Crippen LogP contribution in [-0.4, -0.2) is 20.9 Å². The number of rotatable bonds is 5. The Morgan fingerprint density at radius 3 is 2.45 bits per heavy atom. The summed E-state index contributed by atoms with van der Waals surface area (Å²) in [5.74, 6) is 0.762. The Bertz CT molecular complexity index is 1140. The fourth-order valence-electron chi connectivity index (χ4n) is 3.18. The molecule has 6 heteroatoms. The smallest absolute Gasteiger partial charge is 0.268 e. The Labute approximate surface area is 172 Å². The van der Waals surface area contributed by atoms with Crippen LogP contribution in [0.5, 0.6) is 0 Å². The van der Waals surface area contributed by atoms with E-state index in [4.69, 9.17) is 4.98 Å². The SMILES string of the molecule is O=C(Nc1ccc(-c2ccccc2)cn1)c1sc(-c2cccnc2)nc1C1CC1. The number of aromatic nitrogens is 3. The van der Waals surface area contributed by atoms with Crippen LogP contribution in [0.3, 0.4) is 0 Å². The Kier molecular flexibility index (Phi) is 4.62. The summed E-state index contributed by atoms with van der Waals surface area (Å²) in [4.78, 5) is 27.0. The van der Waals surface area contributed by atoms with Gasteiger partial charge in [-0.1, -0.05) is 30.3 Å². The molecular formula is C23H18N4OS. The first kappa shape index (κ1) is 17.7. The van der Waals surface area contributed by atoms with Crippen molar-refractivity contribution in [2.45, 2.75) is 18.8 Å². The third-order valence-electron chi connectivity index (χ3n) is 4.84. The minimum atomic E-state index is -0.153. The van der Waals surface area contributed by atoms with Crippen LogP contribution in [0, 0.1) is 0 Å². The van der Waals surface area contributed by atoms with E-state index in [1.54, 1.807) is 18.6 Å². The summed E-state index contributed by atoms with van der Waals surface area (Å²) in [6.07, 6.45) is 7.46. The van der Waals surface area contributed by atoms with Crippen LogP contribution in [0.25, 0.3) is 21.7 Å². The van der Waals surface area contributed by atoms with Gasteiger partial charge in [-0.05, 0) is 42.7 Å². The molecular weight excluding hydrogens is 380 g/mol. The number of pyridine rings is 2. The van der Waals surface area contributed by atoms with Crippen LogP contribution in [0.2, 0.25) is 0 Å². The maximum atomic E-state index is 13.0. The minimum Gasteiger partial charge on any atom is -0.306 e. The molecule has 1 aliphatic rings. The van der Waals surface area contributed by atoms with Crippen molar-refractivity contribution in [3.8, 4) is 21.7 Å². The predicted octanol–water partition coefficient (Wildman–Crippen LogP) is 5.40. The molecule has 0 unspecified atom stereocenters. The fourth-order valence-corrected chi connectivity index (χ4v) is 4.22. The van der Waals surface area contributed by atoms with E-state index in [-0.39, 0.29) is 5.91 Å². The monoisotopic (exact) mass is 398 g/mol. The molecule has 3 heterocycles. The van der Waals surface area contributed by atoms with Crippen LogP contribution < -0.4 is 5.32 Å². The molecule has 1 amide bonds. The number of amides is 1. The summed E-state index contributed by atoms with van der Waals surface area (Å²) in [7, 11) is 0. The van der Waals surface area contributed by atoms with Crippen molar-refractivity contribution in [3.63, 3.8) is 0 Å². The summed E-state index contributed by atoms with van der Waals surface area (Å²) < 4.78 is 0. The summed E-state index contributed by atoms with van der Waals surface area (Å²) in [6.45, 7) is 0. The molecule has 1 aromatic carbocycles. The summed E-state index contributed by atoms with van der Waals surface area (Å²) in [6, 6.07) is 17.7. The highest BCUT2D eigenvalue weighted by Gasteiger charge is 2.32. The molecule has 3 aromatic heterocycles. The molecule has 142 valence electrons. The van der Waals surface area contributed by atoms with Gasteiger partial charge in [-0.3, -0.25) is 9.78 Å². The van der Waals surface area contributed by atoms with Gasteiger partial charge in [-0.2, -0.15) is 0 Å². The third-order valence-corrected chi connectivity index (χ3v) is 5.96. The van der Waals surface area contributed by atoms with Gasteiger partial charge in [0.25, 0.3) is 5.91 Å². The van der Waals surface area contributed by atoms with E-state index in [0.29, 0.717) is 16.6 Å². The average Bonchev–Trinajstić information content (AvgIpc) is 3.53. The molecule has 1 N–H and O–H groups in total. The van der Waals surface area contributed by atoms with Crippen LogP contribution in [0.15, 0.2) is 73.2 Å². The molecule has 5 nitrogen and oxygen atoms in total. The quantitative estimate of drug-likeness (QED) is 0.489. The molecule has 0 aliphatic heterocycles. The zero-order chi connectivity index (χ0) is 19.6. The Morgan fingerprint density at radius 1 is 0.931 bits per heavy atom. The average molecular weight is 398 g/mol. The lowest BCUT2D eigenvalue weighted by Gasteiger charge is -2.06. The predicted molar refractivity (Wildman–Crippen MR) is 115 cm³/mol. The van der Waals surface area contributed by atoms with Gasteiger partial charge in [-0.15, -0.1) is 11.3 Å². The molecule has 1 fully saturated rings. The minimum absolute atomic E-state index is 0.153. The van der Waals surface area contributed by atoms with Crippen LogP contribution in [-0.2, 0) is 0 Å². The van der Waals surface area contributed by atoms with Gasteiger partial charge in [0.1, 0.15) is 15.7 Å². The van der Waals surface area contributed by atoms with Crippen molar-refractivity contribution in [1.82, 2.24) is 15.0 Å². The Balaban J connectivity index is 1.39. The number of nitrogens with one attached hydrogen (secondary N) is 1. The number of carbonyl (C=O) groups is 1. The second kappa shape index (κ2) is 7.56. The third kappa shape index (κ3) is 3.79. The normalized spacial score (nSPS) is 13.2. The van der Waals surface area contributed by atoms with Crippen LogP contribution >= 0.6 is 11.3 Å². The summed E-state index contributed by atoms with van der Waals surface area (Å²) in [5.41, 5.74) is 3.94. The molecule has 29 heavy (non-hydrogen) atoms. The zero-order valence-electron chi connectivity index (χ0n) is 15.6. The first-order valence-corrected chi connectivity index (χ1v) is 10.3. The maximum Gasteiger partial charge on any atom is 0.268 e. The highest BCUT2D eigenvalue weighted by molar-refractivity contribution is 7.17. The van der Waals surface area contributed by atoms with Crippen molar-refractivity contribution >= 4 is 23.1 Å². The number of nitrogens with zero attached hydrogens (tertiary/aromatic N) is 3. The first-order chi connectivity index (χ1) is 14.3. The van der Waals surface area contributed by atoms with Gasteiger partial charge in [0.15, 0.2) is 0 Å². The van der Waals surface area contributed by atoms with Crippen molar-refractivity contribution in [1.29, 1.82) is 0 Å². The van der Waals surface area contributed by atoms with E-state index < -0.39 is 0 Å². The van der Waals surface area contributed by atoms with Gasteiger partial charge in [0.2, 0.25) is 0 Å². The van der Waals surface area contributed by atoms with Gasteiger partial charge in [0.05, 0.1) is 5.69 Å². The van der Waals surface area contributed by atoms with Crippen molar-refractivity contribution in [2.75, 3.05) is 5.32 Å². The van der Waals surface area contributed by atoms with Crippen LogP contribution in [0.4, 0.5) is 5.82 Å². The number of anilines is 1. The first-order valence-electron chi connectivity index (χ1n) is 9.52. The lowest BCUT2D eigenvalue weighted by atomic mass is 10.1. The second-order valence-corrected chi connectivity index (χ2v) is 8.00. The highest BCUT2D eigenvalue weighted by Crippen LogP contribution is 2.44. The maximum absolute atomic E-state index is 13.0. The molecule has 0 radical (unpaired) electrons. The molecule has 1 saturated carbocycles. The van der Waals surface area contributed by atoms with Crippen molar-refractivity contribution in [2.24, 2.45) is 0 Å². The van der Waals surface area contributed by atoms with E-state index >= 15 is 0 Å². The number of hydrogen-bond acceptors (Lipinski definition) is 5. The van der Waals surface area contributed by atoms with E-state index in [9.17, 15) is 4.79 Å².